The van der Waals surface area contributed by atoms with Crippen LogP contribution < -0.4 is 38.1 Å². The van der Waals surface area contributed by atoms with Gasteiger partial charge in [0.1, 0.15) is 17.2 Å². The summed E-state index contributed by atoms with van der Waals surface area (Å²) in [6.45, 7) is 2.03. The second-order valence-electron chi connectivity index (χ2n) is 13.5. The first-order valence-corrected chi connectivity index (χ1v) is 19.7. The lowest BCUT2D eigenvalue weighted by Crippen LogP contribution is -2.21. The molecule has 7 aromatic rings. The van der Waals surface area contributed by atoms with Gasteiger partial charge in [-0.05, 0) is 62.5 Å². The van der Waals surface area contributed by atoms with Crippen LogP contribution in [0.3, 0.4) is 0 Å². The minimum atomic E-state index is -3.54. The van der Waals surface area contributed by atoms with Gasteiger partial charge in [-0.25, -0.2) is 28.0 Å². The van der Waals surface area contributed by atoms with Gasteiger partial charge in [0.25, 0.3) is 0 Å². The largest absolute Gasteiger partial charge is 0.493 e. The van der Waals surface area contributed by atoms with E-state index in [0.717, 1.165) is 37.5 Å². The molecule has 1 aromatic carbocycles. The number of anilines is 1. The van der Waals surface area contributed by atoms with E-state index in [2.05, 4.69) is 45.4 Å². The standard InChI is InChI=1S/C21H20ClN7O2.C14H14N6O4S/c1-11(12-3-2-4-14(22)7-12)24-17-9-18(25-15-5-6-15)29-19(27-17)13(10-23-29)8-16-20(30)28-21(31)26-16;1-25(23,24)11-5-10(16-8-2-3-8)20-12(18-11)7(6-15-20)4-9-13(21)19-14(22)17-9/h2-4,7-11,15,24,30H,5-6H2,1H3,(H2,26,28,31);4-6,8,21H,2-3H2,1H3,(H2,17,19,22)/t11-;/m0./s1. The topological polar surface area (TPSA) is 269 Å². The SMILES string of the molecule is CS(=O)(=O)c1cc(=NC2CC2)n2ncc(=Cc3[nH]c(=O)[nH]c3O)c2n1.C[C@H](Nc1cc(=NC2CC2)n2ncc(=Cc3[nH]c(=O)[nH]c3O)c2n1)c1cccc(Cl)c1. The lowest BCUT2D eigenvalue weighted by molar-refractivity contribution is 0.454. The highest BCUT2D eigenvalue weighted by Crippen LogP contribution is 2.24. The second kappa shape index (κ2) is 14.3. The minimum Gasteiger partial charge on any atom is -0.493 e. The van der Waals surface area contributed by atoms with Crippen molar-refractivity contribution in [3.63, 3.8) is 0 Å². The van der Waals surface area contributed by atoms with E-state index in [-0.39, 0.29) is 45.9 Å². The van der Waals surface area contributed by atoms with Gasteiger partial charge in [0.15, 0.2) is 37.1 Å². The van der Waals surface area contributed by atoms with E-state index < -0.39 is 21.2 Å². The highest BCUT2D eigenvalue weighted by atomic mass is 35.5. The molecule has 2 saturated carbocycles. The summed E-state index contributed by atoms with van der Waals surface area (Å²) < 4.78 is 27.0. The fourth-order valence-electron chi connectivity index (χ4n) is 5.72. The second-order valence-corrected chi connectivity index (χ2v) is 15.9. The number of benzene rings is 1. The molecule has 6 heterocycles. The van der Waals surface area contributed by atoms with Crippen molar-refractivity contribution >= 4 is 50.7 Å². The van der Waals surface area contributed by atoms with Gasteiger partial charge >= 0.3 is 11.4 Å². The molecule has 0 spiro atoms. The van der Waals surface area contributed by atoms with E-state index in [0.29, 0.717) is 43.9 Å². The molecule has 0 amide bonds. The lowest BCUT2D eigenvalue weighted by Gasteiger charge is -2.15. The zero-order chi connectivity index (χ0) is 39.3. The number of fused-ring (bicyclic) bond motifs is 2. The summed E-state index contributed by atoms with van der Waals surface area (Å²) in [6, 6.07) is 11.4. The average Bonchev–Trinajstić information content (AvgIpc) is 4.00. The number of nitrogens with one attached hydrogen (secondary N) is 5. The zero-order valence-corrected chi connectivity index (χ0v) is 31.3. The molecule has 56 heavy (non-hydrogen) atoms. The number of H-pyrrole nitrogens is 4. The third kappa shape index (κ3) is 7.96. The van der Waals surface area contributed by atoms with Crippen molar-refractivity contribution in [2.75, 3.05) is 11.6 Å². The summed E-state index contributed by atoms with van der Waals surface area (Å²) in [7, 11) is -3.54. The number of aromatic hydroxyl groups is 2. The molecular weight excluding hydrogens is 766 g/mol. The van der Waals surface area contributed by atoms with E-state index in [4.69, 9.17) is 21.6 Å². The van der Waals surface area contributed by atoms with E-state index in [1.807, 2.05) is 37.3 Å². The van der Waals surface area contributed by atoms with Crippen molar-refractivity contribution in [3.05, 3.63) is 113 Å². The summed E-state index contributed by atoms with van der Waals surface area (Å²) in [4.78, 5) is 50.3. The normalized spacial score (nSPS) is 16.5. The fraction of sp³-hybridized carbons (Fsp3) is 0.257. The monoisotopic (exact) mass is 799 g/mol. The Morgan fingerprint density at radius 2 is 1.38 bits per heavy atom. The maximum atomic E-state index is 11.9. The van der Waals surface area contributed by atoms with Gasteiger partial charge in [-0.3, -0.25) is 20.0 Å². The molecule has 0 bridgehead atoms. The Bertz CT molecular complexity index is 3140. The number of aromatic nitrogens is 10. The van der Waals surface area contributed by atoms with Crippen molar-refractivity contribution < 1.29 is 18.6 Å². The molecule has 7 N–H and O–H groups in total. The van der Waals surface area contributed by atoms with Gasteiger partial charge in [-0.15, -0.1) is 0 Å². The summed E-state index contributed by atoms with van der Waals surface area (Å²) in [5.74, 6) is 0.0731. The molecule has 1 atom stereocenters. The highest BCUT2D eigenvalue weighted by molar-refractivity contribution is 7.90. The number of sulfone groups is 1. The Morgan fingerprint density at radius 1 is 0.839 bits per heavy atom. The number of nitrogens with zero attached hydrogens (tertiary/aromatic N) is 8. The van der Waals surface area contributed by atoms with Crippen LogP contribution in [-0.4, -0.2) is 86.1 Å². The lowest BCUT2D eigenvalue weighted by atomic mass is 10.1. The van der Waals surface area contributed by atoms with Crippen molar-refractivity contribution in [2.24, 2.45) is 9.98 Å². The highest BCUT2D eigenvalue weighted by Gasteiger charge is 2.22. The van der Waals surface area contributed by atoms with Gasteiger partial charge in [-0.2, -0.15) is 19.2 Å². The first kappa shape index (κ1) is 36.4. The summed E-state index contributed by atoms with van der Waals surface area (Å²) in [5.41, 5.74) is 2.31. The summed E-state index contributed by atoms with van der Waals surface area (Å²) in [6.07, 6.45) is 11.3. The van der Waals surface area contributed by atoms with E-state index >= 15 is 0 Å². The van der Waals surface area contributed by atoms with Crippen LogP contribution in [0.25, 0.3) is 23.4 Å². The Morgan fingerprint density at radius 3 is 1.86 bits per heavy atom. The van der Waals surface area contributed by atoms with E-state index in [1.165, 1.54) is 22.9 Å². The number of hydrogen-bond acceptors (Lipinski definition) is 13. The van der Waals surface area contributed by atoms with Gasteiger partial charge in [0.05, 0.1) is 24.5 Å². The Hall–Kier alpha value is -6.54. The molecule has 0 saturated heterocycles. The molecule has 19 nitrogen and oxygen atoms in total. The van der Waals surface area contributed by atoms with Crippen LogP contribution in [0.1, 0.15) is 55.6 Å². The van der Waals surface area contributed by atoms with Crippen LogP contribution in [0.15, 0.2) is 73.4 Å². The molecule has 288 valence electrons. The van der Waals surface area contributed by atoms with Crippen LogP contribution in [0.4, 0.5) is 5.82 Å². The number of aromatic amines is 4. The number of imidazole rings is 2. The molecule has 9 rings (SSSR count). The molecule has 2 aliphatic rings. The molecule has 0 aliphatic heterocycles. The maximum Gasteiger partial charge on any atom is 0.326 e. The summed E-state index contributed by atoms with van der Waals surface area (Å²) in [5, 5.41) is 33.3. The minimum absolute atomic E-state index is 0.0390. The summed E-state index contributed by atoms with van der Waals surface area (Å²) >= 11 is 6.13. The van der Waals surface area contributed by atoms with Crippen molar-refractivity contribution in [1.82, 2.24) is 49.1 Å². The van der Waals surface area contributed by atoms with Crippen LogP contribution in [0.5, 0.6) is 11.8 Å². The van der Waals surface area contributed by atoms with E-state index in [1.54, 1.807) is 16.8 Å². The first-order valence-electron chi connectivity index (χ1n) is 17.4. The average molecular weight is 800 g/mol. The molecular formula is C35H34ClN13O6S. The predicted octanol–water partition coefficient (Wildman–Crippen LogP) is 0.354. The third-order valence-corrected chi connectivity index (χ3v) is 10.0. The van der Waals surface area contributed by atoms with Gasteiger partial charge in [0.2, 0.25) is 11.8 Å². The predicted molar refractivity (Wildman–Crippen MR) is 203 cm³/mol. The number of hydrogen-bond donors (Lipinski definition) is 7. The zero-order valence-electron chi connectivity index (χ0n) is 29.7. The first-order chi connectivity index (χ1) is 26.8. The fourth-order valence-corrected chi connectivity index (χ4v) is 6.49. The van der Waals surface area contributed by atoms with Gasteiger partial charge in [0, 0.05) is 39.9 Å². The molecule has 2 fully saturated rings. The molecule has 0 unspecified atom stereocenters. The number of halogens is 1. The van der Waals surface area contributed by atoms with Crippen molar-refractivity contribution in [2.45, 2.75) is 55.8 Å². The maximum absolute atomic E-state index is 11.9. The van der Waals surface area contributed by atoms with Crippen molar-refractivity contribution in [1.29, 1.82) is 0 Å². The third-order valence-electron chi connectivity index (χ3n) is 8.82. The Kier molecular flexibility index (Phi) is 9.28. The Balaban J connectivity index is 0.000000161. The molecule has 2 aliphatic carbocycles. The van der Waals surface area contributed by atoms with Crippen LogP contribution in [-0.2, 0) is 9.84 Å². The smallest absolute Gasteiger partial charge is 0.326 e. The van der Waals surface area contributed by atoms with Crippen LogP contribution in [0.2, 0.25) is 5.02 Å². The van der Waals surface area contributed by atoms with E-state index in [9.17, 15) is 28.2 Å². The quantitative estimate of drug-likeness (QED) is 0.103. The van der Waals surface area contributed by atoms with Crippen molar-refractivity contribution in [3.8, 4) is 11.8 Å². The van der Waals surface area contributed by atoms with Gasteiger partial charge in [-0.1, -0.05) is 23.7 Å². The van der Waals surface area contributed by atoms with Crippen LogP contribution >= 0.6 is 11.6 Å². The number of rotatable bonds is 8. The van der Waals surface area contributed by atoms with Crippen LogP contribution in [0, 0.1) is 0 Å². The molecule has 6 aromatic heterocycles. The Labute approximate surface area is 319 Å². The molecule has 0 radical (unpaired) electrons. The molecule has 21 heteroatoms. The van der Waals surface area contributed by atoms with Gasteiger partial charge < -0.3 is 25.5 Å².